The van der Waals surface area contributed by atoms with Crippen LogP contribution in [-0.4, -0.2) is 52.0 Å². The van der Waals surface area contributed by atoms with Gasteiger partial charge in [-0.3, -0.25) is 4.90 Å². The standard InChI is InChI=1S/C13H27NO2/c1-12(2)13(3,4)11-14(7-9-15-5)8-10-16-6/h1,7-11H2,2-6H3. The van der Waals surface area contributed by atoms with Crippen molar-refractivity contribution in [1.82, 2.24) is 4.90 Å². The van der Waals surface area contributed by atoms with Gasteiger partial charge in [0.05, 0.1) is 13.2 Å². The molecule has 0 saturated carbocycles. The zero-order valence-corrected chi connectivity index (χ0v) is 11.5. The molecule has 0 rings (SSSR count). The number of hydrogen-bond donors (Lipinski definition) is 0. The first-order valence-electron chi connectivity index (χ1n) is 5.80. The summed E-state index contributed by atoms with van der Waals surface area (Å²) < 4.78 is 10.2. The van der Waals surface area contributed by atoms with Gasteiger partial charge in [-0.05, 0) is 12.3 Å². The van der Waals surface area contributed by atoms with Gasteiger partial charge in [0, 0.05) is 33.9 Å². The highest BCUT2D eigenvalue weighted by Crippen LogP contribution is 2.25. The summed E-state index contributed by atoms with van der Waals surface area (Å²) in [5.41, 5.74) is 1.36. The summed E-state index contributed by atoms with van der Waals surface area (Å²) in [6.07, 6.45) is 0. The smallest absolute Gasteiger partial charge is 0.0589 e. The summed E-state index contributed by atoms with van der Waals surface area (Å²) in [6, 6.07) is 0. The Morgan fingerprint density at radius 2 is 1.56 bits per heavy atom. The fraction of sp³-hybridized carbons (Fsp3) is 0.846. The van der Waals surface area contributed by atoms with E-state index in [-0.39, 0.29) is 5.41 Å². The van der Waals surface area contributed by atoms with Crippen molar-refractivity contribution in [1.29, 1.82) is 0 Å². The molecule has 0 aliphatic rings. The van der Waals surface area contributed by atoms with Crippen molar-refractivity contribution in [2.24, 2.45) is 5.41 Å². The molecule has 0 unspecified atom stereocenters. The van der Waals surface area contributed by atoms with E-state index in [1.165, 1.54) is 5.57 Å². The molecule has 96 valence electrons. The molecule has 0 heterocycles. The van der Waals surface area contributed by atoms with Crippen LogP contribution in [-0.2, 0) is 9.47 Å². The van der Waals surface area contributed by atoms with Crippen molar-refractivity contribution < 1.29 is 9.47 Å². The van der Waals surface area contributed by atoms with Gasteiger partial charge in [-0.2, -0.15) is 0 Å². The van der Waals surface area contributed by atoms with Gasteiger partial charge in [0.15, 0.2) is 0 Å². The third kappa shape index (κ3) is 6.26. The van der Waals surface area contributed by atoms with E-state index in [1.807, 2.05) is 0 Å². The first kappa shape index (κ1) is 15.6. The van der Waals surface area contributed by atoms with Gasteiger partial charge in [0.1, 0.15) is 0 Å². The van der Waals surface area contributed by atoms with E-state index < -0.39 is 0 Å². The van der Waals surface area contributed by atoms with Crippen LogP contribution in [0.3, 0.4) is 0 Å². The van der Waals surface area contributed by atoms with Gasteiger partial charge in [-0.15, -0.1) is 0 Å². The molecule has 16 heavy (non-hydrogen) atoms. The molecule has 0 atom stereocenters. The summed E-state index contributed by atoms with van der Waals surface area (Å²) >= 11 is 0. The molecule has 0 aromatic heterocycles. The number of ether oxygens (including phenoxy) is 2. The Kier molecular flexibility index (Phi) is 7.64. The second-order valence-corrected chi connectivity index (χ2v) is 4.93. The van der Waals surface area contributed by atoms with Gasteiger partial charge >= 0.3 is 0 Å². The van der Waals surface area contributed by atoms with Crippen molar-refractivity contribution in [3.05, 3.63) is 12.2 Å². The lowest BCUT2D eigenvalue weighted by Crippen LogP contribution is -2.38. The van der Waals surface area contributed by atoms with Gasteiger partial charge in [-0.25, -0.2) is 0 Å². The molecule has 3 heteroatoms. The van der Waals surface area contributed by atoms with E-state index >= 15 is 0 Å². The number of methoxy groups -OCH3 is 2. The lowest BCUT2D eigenvalue weighted by molar-refractivity contribution is 0.0960. The Morgan fingerprint density at radius 1 is 1.12 bits per heavy atom. The maximum atomic E-state index is 5.12. The van der Waals surface area contributed by atoms with Crippen LogP contribution in [0.2, 0.25) is 0 Å². The molecule has 0 bridgehead atoms. The fourth-order valence-electron chi connectivity index (χ4n) is 1.40. The van der Waals surface area contributed by atoms with E-state index in [0.29, 0.717) is 0 Å². The second kappa shape index (κ2) is 7.82. The largest absolute Gasteiger partial charge is 0.383 e. The lowest BCUT2D eigenvalue weighted by Gasteiger charge is -2.33. The molecule has 3 nitrogen and oxygen atoms in total. The quantitative estimate of drug-likeness (QED) is 0.566. The van der Waals surface area contributed by atoms with E-state index in [1.54, 1.807) is 14.2 Å². The molecule has 0 aliphatic carbocycles. The number of nitrogens with zero attached hydrogens (tertiary/aromatic N) is 1. The van der Waals surface area contributed by atoms with E-state index in [0.717, 1.165) is 32.8 Å². The summed E-state index contributed by atoms with van der Waals surface area (Å²) in [5.74, 6) is 0. The molecule has 0 amide bonds. The predicted molar refractivity (Wildman–Crippen MR) is 68.8 cm³/mol. The molecule has 0 aliphatic heterocycles. The predicted octanol–water partition coefficient (Wildman–Crippen LogP) is 2.18. The molecule has 0 aromatic rings. The Morgan fingerprint density at radius 3 is 1.88 bits per heavy atom. The van der Waals surface area contributed by atoms with Crippen molar-refractivity contribution in [2.75, 3.05) is 47.1 Å². The maximum absolute atomic E-state index is 5.12. The van der Waals surface area contributed by atoms with Crippen molar-refractivity contribution in [3.63, 3.8) is 0 Å². The lowest BCUT2D eigenvalue weighted by atomic mass is 9.85. The van der Waals surface area contributed by atoms with Crippen LogP contribution in [0.25, 0.3) is 0 Å². The van der Waals surface area contributed by atoms with Crippen LogP contribution >= 0.6 is 0 Å². The zero-order chi connectivity index (χ0) is 12.6. The topological polar surface area (TPSA) is 21.7 Å². The fourth-order valence-corrected chi connectivity index (χ4v) is 1.40. The summed E-state index contributed by atoms with van der Waals surface area (Å²) in [6.45, 7) is 15.0. The minimum Gasteiger partial charge on any atom is -0.383 e. The Balaban J connectivity index is 4.22. The minimum atomic E-state index is 0.140. The first-order chi connectivity index (χ1) is 7.44. The minimum absolute atomic E-state index is 0.140. The highest BCUT2D eigenvalue weighted by molar-refractivity contribution is 5.04. The van der Waals surface area contributed by atoms with Crippen LogP contribution in [0.4, 0.5) is 0 Å². The Hall–Kier alpha value is -0.380. The van der Waals surface area contributed by atoms with Crippen molar-refractivity contribution >= 4 is 0 Å². The number of rotatable bonds is 9. The van der Waals surface area contributed by atoms with Crippen LogP contribution in [0.5, 0.6) is 0 Å². The molecule has 0 saturated heterocycles. The maximum Gasteiger partial charge on any atom is 0.0589 e. The highest BCUT2D eigenvalue weighted by Gasteiger charge is 2.22. The monoisotopic (exact) mass is 229 g/mol. The van der Waals surface area contributed by atoms with Crippen LogP contribution in [0, 0.1) is 5.41 Å². The van der Waals surface area contributed by atoms with E-state index in [2.05, 4.69) is 32.3 Å². The third-order valence-electron chi connectivity index (χ3n) is 3.00. The Bertz CT molecular complexity index is 194. The summed E-state index contributed by atoms with van der Waals surface area (Å²) in [5, 5.41) is 0. The summed E-state index contributed by atoms with van der Waals surface area (Å²) in [7, 11) is 3.47. The zero-order valence-electron chi connectivity index (χ0n) is 11.5. The van der Waals surface area contributed by atoms with Crippen LogP contribution in [0.1, 0.15) is 20.8 Å². The van der Waals surface area contributed by atoms with Gasteiger partial charge in [0.2, 0.25) is 0 Å². The first-order valence-corrected chi connectivity index (χ1v) is 5.80. The normalized spacial score (nSPS) is 12.1. The van der Waals surface area contributed by atoms with Crippen LogP contribution in [0.15, 0.2) is 12.2 Å². The average Bonchev–Trinajstić information content (AvgIpc) is 2.21. The molecular weight excluding hydrogens is 202 g/mol. The average molecular weight is 229 g/mol. The summed E-state index contributed by atoms with van der Waals surface area (Å²) in [4.78, 5) is 2.36. The highest BCUT2D eigenvalue weighted by atomic mass is 16.5. The van der Waals surface area contributed by atoms with Gasteiger partial charge < -0.3 is 9.47 Å². The molecule has 0 fully saturated rings. The van der Waals surface area contributed by atoms with Crippen molar-refractivity contribution in [2.45, 2.75) is 20.8 Å². The molecule has 0 spiro atoms. The van der Waals surface area contributed by atoms with Crippen LogP contribution < -0.4 is 0 Å². The third-order valence-corrected chi connectivity index (χ3v) is 3.00. The molecule has 0 aromatic carbocycles. The van der Waals surface area contributed by atoms with Crippen molar-refractivity contribution in [3.8, 4) is 0 Å². The molecule has 0 N–H and O–H groups in total. The Labute approximate surface area is 100 Å². The van der Waals surface area contributed by atoms with Gasteiger partial charge in [0.25, 0.3) is 0 Å². The SMILES string of the molecule is C=C(C)C(C)(C)CN(CCOC)CCOC. The second-order valence-electron chi connectivity index (χ2n) is 4.93. The van der Waals surface area contributed by atoms with E-state index in [4.69, 9.17) is 9.47 Å². The molecular formula is C13H27NO2. The molecule has 0 radical (unpaired) electrons. The number of hydrogen-bond acceptors (Lipinski definition) is 3. The van der Waals surface area contributed by atoms with Gasteiger partial charge in [-0.1, -0.05) is 26.0 Å². The van der Waals surface area contributed by atoms with E-state index in [9.17, 15) is 0 Å².